The normalized spacial score (nSPS) is 18.9. The average Bonchev–Trinajstić information content (AvgIpc) is 3.32. The maximum Gasteiger partial charge on any atom is 0.232 e. The SMILES string of the molecule is COc1ccc(N2CCN(C(=O)CC(N)=O)[C@@H](Cc3ccccc3)C2)cc1OC1CCCC1. The summed E-state index contributed by atoms with van der Waals surface area (Å²) in [6.45, 7) is 1.87. The number of rotatable bonds is 8. The van der Waals surface area contributed by atoms with Crippen LogP contribution in [0, 0.1) is 0 Å². The molecule has 0 spiro atoms. The number of piperazine rings is 1. The summed E-state index contributed by atoms with van der Waals surface area (Å²) in [5, 5.41) is 0. The Bertz CT molecular complexity index is 959. The molecule has 1 aliphatic heterocycles. The van der Waals surface area contributed by atoms with Crippen molar-refractivity contribution < 1.29 is 19.1 Å². The number of benzene rings is 2. The Kier molecular flexibility index (Phi) is 7.37. The summed E-state index contributed by atoms with van der Waals surface area (Å²) in [4.78, 5) is 28.2. The highest BCUT2D eigenvalue weighted by molar-refractivity contribution is 5.96. The minimum absolute atomic E-state index is 0.0608. The van der Waals surface area contributed by atoms with Gasteiger partial charge in [-0.05, 0) is 49.8 Å². The fourth-order valence-corrected chi connectivity index (χ4v) is 4.87. The minimum Gasteiger partial charge on any atom is -0.493 e. The fourth-order valence-electron chi connectivity index (χ4n) is 4.87. The standard InChI is InChI=1S/C26H33N3O4/c1-32-23-12-11-20(16-24(23)33-22-9-5-6-10-22)28-13-14-29(26(31)17-25(27)30)21(18-28)15-19-7-3-2-4-8-19/h2-4,7-8,11-12,16,21-22H,5-6,9-10,13-15,17-18H2,1H3,(H2,27,30)/t21-/m0/s1. The molecule has 1 saturated carbocycles. The summed E-state index contributed by atoms with van der Waals surface area (Å²) in [5.41, 5.74) is 7.50. The number of carbonyl (C=O) groups excluding carboxylic acids is 2. The fraction of sp³-hybridized carbons (Fsp3) is 0.462. The van der Waals surface area contributed by atoms with Crippen LogP contribution in [0.5, 0.6) is 11.5 Å². The Morgan fingerprint density at radius 3 is 2.48 bits per heavy atom. The van der Waals surface area contributed by atoms with E-state index in [4.69, 9.17) is 15.2 Å². The number of carbonyl (C=O) groups is 2. The van der Waals surface area contributed by atoms with E-state index >= 15 is 0 Å². The molecule has 2 aliphatic rings. The van der Waals surface area contributed by atoms with Gasteiger partial charge in [0, 0.05) is 31.4 Å². The Balaban J connectivity index is 1.54. The third-order valence-corrected chi connectivity index (χ3v) is 6.55. The van der Waals surface area contributed by atoms with Gasteiger partial charge in [-0.3, -0.25) is 9.59 Å². The van der Waals surface area contributed by atoms with Crippen LogP contribution < -0.4 is 20.1 Å². The van der Waals surface area contributed by atoms with Crippen molar-refractivity contribution in [3.63, 3.8) is 0 Å². The van der Waals surface area contributed by atoms with E-state index in [2.05, 4.69) is 23.1 Å². The quantitative estimate of drug-likeness (QED) is 0.623. The van der Waals surface area contributed by atoms with Gasteiger partial charge < -0.3 is 25.0 Å². The van der Waals surface area contributed by atoms with E-state index in [-0.39, 0.29) is 24.5 Å². The van der Waals surface area contributed by atoms with Crippen LogP contribution in [0.1, 0.15) is 37.7 Å². The number of hydrogen-bond donors (Lipinski definition) is 1. The van der Waals surface area contributed by atoms with Crippen LogP contribution in [0.3, 0.4) is 0 Å². The van der Waals surface area contributed by atoms with E-state index in [1.165, 1.54) is 12.8 Å². The van der Waals surface area contributed by atoms with Gasteiger partial charge in [-0.15, -0.1) is 0 Å². The lowest BCUT2D eigenvalue weighted by Crippen LogP contribution is -2.56. The molecule has 33 heavy (non-hydrogen) atoms. The zero-order valence-corrected chi connectivity index (χ0v) is 19.2. The Labute approximate surface area is 195 Å². The van der Waals surface area contributed by atoms with Crippen LogP contribution in [-0.4, -0.2) is 55.6 Å². The molecule has 2 aromatic rings. The van der Waals surface area contributed by atoms with Crippen molar-refractivity contribution in [3.05, 3.63) is 54.1 Å². The molecule has 2 amide bonds. The minimum atomic E-state index is -0.593. The number of amides is 2. The van der Waals surface area contributed by atoms with Gasteiger partial charge in [0.1, 0.15) is 6.42 Å². The molecule has 0 unspecified atom stereocenters. The zero-order valence-electron chi connectivity index (χ0n) is 19.2. The number of hydrogen-bond acceptors (Lipinski definition) is 5. The van der Waals surface area contributed by atoms with Gasteiger partial charge in [0.05, 0.1) is 19.3 Å². The number of nitrogens with zero attached hydrogens (tertiary/aromatic N) is 2. The van der Waals surface area contributed by atoms with Crippen molar-refractivity contribution in [2.45, 2.75) is 50.7 Å². The second kappa shape index (κ2) is 10.6. The third-order valence-electron chi connectivity index (χ3n) is 6.55. The zero-order chi connectivity index (χ0) is 23.2. The molecule has 7 heteroatoms. The first-order valence-corrected chi connectivity index (χ1v) is 11.7. The smallest absolute Gasteiger partial charge is 0.232 e. The molecule has 2 aromatic carbocycles. The number of primary amides is 1. The Morgan fingerprint density at radius 2 is 1.79 bits per heavy atom. The molecular weight excluding hydrogens is 418 g/mol. The maximum absolute atomic E-state index is 12.8. The van der Waals surface area contributed by atoms with Crippen LogP contribution in [0.2, 0.25) is 0 Å². The summed E-state index contributed by atoms with van der Waals surface area (Å²) in [6, 6.07) is 16.1. The van der Waals surface area contributed by atoms with Gasteiger partial charge in [0.25, 0.3) is 0 Å². The van der Waals surface area contributed by atoms with Gasteiger partial charge >= 0.3 is 0 Å². The van der Waals surface area contributed by atoms with Crippen LogP contribution in [0.25, 0.3) is 0 Å². The number of nitrogens with two attached hydrogens (primary N) is 1. The van der Waals surface area contributed by atoms with Crippen LogP contribution >= 0.6 is 0 Å². The highest BCUT2D eigenvalue weighted by Gasteiger charge is 2.31. The van der Waals surface area contributed by atoms with Gasteiger partial charge in [-0.1, -0.05) is 30.3 Å². The van der Waals surface area contributed by atoms with Crippen molar-refractivity contribution in [1.29, 1.82) is 0 Å². The van der Waals surface area contributed by atoms with E-state index in [1.807, 2.05) is 35.2 Å². The predicted octanol–water partition coefficient (Wildman–Crippen LogP) is 3.15. The Morgan fingerprint density at radius 1 is 1.03 bits per heavy atom. The maximum atomic E-state index is 12.8. The molecular formula is C26H33N3O4. The molecule has 1 heterocycles. The first-order chi connectivity index (χ1) is 16.0. The molecule has 7 nitrogen and oxygen atoms in total. The largest absolute Gasteiger partial charge is 0.493 e. The second-order valence-electron chi connectivity index (χ2n) is 8.88. The summed E-state index contributed by atoms with van der Waals surface area (Å²) in [5.74, 6) is 0.711. The van der Waals surface area contributed by atoms with E-state index in [9.17, 15) is 9.59 Å². The summed E-state index contributed by atoms with van der Waals surface area (Å²) in [6.07, 6.45) is 5.25. The molecule has 0 aromatic heterocycles. The predicted molar refractivity (Wildman–Crippen MR) is 128 cm³/mol. The first-order valence-electron chi connectivity index (χ1n) is 11.7. The lowest BCUT2D eigenvalue weighted by molar-refractivity contribution is -0.137. The van der Waals surface area contributed by atoms with E-state index in [1.54, 1.807) is 7.11 Å². The third kappa shape index (κ3) is 5.78. The molecule has 1 saturated heterocycles. The van der Waals surface area contributed by atoms with E-state index in [0.717, 1.165) is 35.6 Å². The number of anilines is 1. The van der Waals surface area contributed by atoms with Crippen molar-refractivity contribution >= 4 is 17.5 Å². The highest BCUT2D eigenvalue weighted by atomic mass is 16.5. The first kappa shape index (κ1) is 23.0. The average molecular weight is 452 g/mol. The lowest BCUT2D eigenvalue weighted by Gasteiger charge is -2.42. The second-order valence-corrected chi connectivity index (χ2v) is 8.88. The van der Waals surface area contributed by atoms with Crippen molar-refractivity contribution in [2.24, 2.45) is 5.73 Å². The van der Waals surface area contributed by atoms with Crippen LogP contribution in [0.15, 0.2) is 48.5 Å². The lowest BCUT2D eigenvalue weighted by atomic mass is 10.0. The van der Waals surface area contributed by atoms with Crippen LogP contribution in [0.4, 0.5) is 5.69 Å². The van der Waals surface area contributed by atoms with Crippen molar-refractivity contribution in [2.75, 3.05) is 31.6 Å². The van der Waals surface area contributed by atoms with Gasteiger partial charge in [0.15, 0.2) is 11.5 Å². The van der Waals surface area contributed by atoms with E-state index < -0.39 is 5.91 Å². The molecule has 4 rings (SSSR count). The monoisotopic (exact) mass is 451 g/mol. The number of ether oxygens (including phenoxy) is 2. The summed E-state index contributed by atoms with van der Waals surface area (Å²) >= 11 is 0. The molecule has 2 N–H and O–H groups in total. The highest BCUT2D eigenvalue weighted by Crippen LogP contribution is 2.35. The topological polar surface area (TPSA) is 85.1 Å². The Hall–Kier alpha value is -3.22. The van der Waals surface area contributed by atoms with Gasteiger partial charge in [-0.25, -0.2) is 0 Å². The molecule has 0 bridgehead atoms. The van der Waals surface area contributed by atoms with Crippen molar-refractivity contribution in [3.8, 4) is 11.5 Å². The van der Waals surface area contributed by atoms with Crippen molar-refractivity contribution in [1.82, 2.24) is 4.90 Å². The molecule has 0 radical (unpaired) electrons. The van der Waals surface area contributed by atoms with Gasteiger partial charge in [0.2, 0.25) is 11.8 Å². The van der Waals surface area contributed by atoms with E-state index in [0.29, 0.717) is 26.1 Å². The van der Waals surface area contributed by atoms with Crippen LogP contribution in [-0.2, 0) is 16.0 Å². The van der Waals surface area contributed by atoms with Gasteiger partial charge in [-0.2, -0.15) is 0 Å². The number of methoxy groups -OCH3 is 1. The molecule has 1 atom stereocenters. The molecule has 176 valence electrons. The molecule has 1 aliphatic carbocycles. The summed E-state index contributed by atoms with van der Waals surface area (Å²) in [7, 11) is 1.66. The molecule has 2 fully saturated rings. The summed E-state index contributed by atoms with van der Waals surface area (Å²) < 4.78 is 11.8.